The van der Waals surface area contributed by atoms with Crippen LogP contribution in [0.5, 0.6) is 5.75 Å². The van der Waals surface area contributed by atoms with Crippen molar-refractivity contribution < 1.29 is 10.2 Å². The minimum atomic E-state index is 0.000787. The molecule has 0 radical (unpaired) electrons. The highest BCUT2D eigenvalue weighted by Gasteiger charge is 2.02. The van der Waals surface area contributed by atoms with Crippen molar-refractivity contribution in [2.75, 3.05) is 0 Å². The van der Waals surface area contributed by atoms with E-state index in [1.54, 1.807) is 12.1 Å². The number of phenolic OH excluding ortho intramolecular Hbond substituents is 1. The summed E-state index contributed by atoms with van der Waals surface area (Å²) in [6, 6.07) is 10.8. The van der Waals surface area contributed by atoms with Gasteiger partial charge in [0, 0.05) is 5.39 Å². The zero-order valence-corrected chi connectivity index (χ0v) is 7.07. The molecule has 13 heavy (non-hydrogen) atoms. The number of hydrogen-bond acceptors (Lipinski definition) is 2. The third kappa shape index (κ3) is 1.25. The van der Waals surface area contributed by atoms with Crippen LogP contribution in [0.25, 0.3) is 10.8 Å². The Hall–Kier alpha value is -1.54. The molecule has 0 aromatic heterocycles. The number of aliphatic hydroxyl groups excluding tert-OH is 1. The van der Waals surface area contributed by atoms with Crippen LogP contribution in [0.1, 0.15) is 5.56 Å². The van der Waals surface area contributed by atoms with E-state index in [-0.39, 0.29) is 12.4 Å². The summed E-state index contributed by atoms with van der Waals surface area (Å²) in [7, 11) is 0. The number of fused-ring (bicyclic) bond motifs is 1. The largest absolute Gasteiger partial charge is 0.507 e. The average Bonchev–Trinajstić information content (AvgIpc) is 2.19. The maximum atomic E-state index is 9.51. The van der Waals surface area contributed by atoms with Gasteiger partial charge in [0.15, 0.2) is 0 Å². The maximum Gasteiger partial charge on any atom is 0.123 e. The molecule has 0 bridgehead atoms. The highest BCUT2D eigenvalue weighted by Crippen LogP contribution is 2.27. The summed E-state index contributed by atoms with van der Waals surface area (Å²) in [5, 5.41) is 20.2. The summed E-state index contributed by atoms with van der Waals surface area (Å²) in [4.78, 5) is 0. The molecule has 0 fully saturated rings. The lowest BCUT2D eigenvalue weighted by molar-refractivity contribution is 0.283. The summed E-state index contributed by atoms with van der Waals surface area (Å²) < 4.78 is 0. The number of phenols is 1. The summed E-state index contributed by atoms with van der Waals surface area (Å²) in [5.41, 5.74) is 0.841. The van der Waals surface area contributed by atoms with Gasteiger partial charge in [0.2, 0.25) is 0 Å². The third-order valence-corrected chi connectivity index (χ3v) is 2.16. The van der Waals surface area contributed by atoms with Gasteiger partial charge in [0.25, 0.3) is 0 Å². The van der Waals surface area contributed by atoms with Gasteiger partial charge in [0.05, 0.1) is 6.61 Å². The van der Waals surface area contributed by atoms with Gasteiger partial charge in [-0.25, -0.2) is 0 Å². The fraction of sp³-hybridized carbons (Fsp3) is 0.0909. The van der Waals surface area contributed by atoms with Crippen LogP contribution < -0.4 is 0 Å². The zero-order valence-electron chi connectivity index (χ0n) is 7.07. The Bertz CT molecular complexity index is 435. The smallest absolute Gasteiger partial charge is 0.123 e. The van der Waals surface area contributed by atoms with Crippen LogP contribution in [0.15, 0.2) is 36.4 Å². The molecule has 2 aromatic rings. The quantitative estimate of drug-likeness (QED) is 0.694. The van der Waals surface area contributed by atoms with Crippen molar-refractivity contribution >= 4 is 10.8 Å². The average molecular weight is 174 g/mol. The van der Waals surface area contributed by atoms with E-state index < -0.39 is 0 Å². The fourth-order valence-corrected chi connectivity index (χ4v) is 1.48. The van der Waals surface area contributed by atoms with Gasteiger partial charge in [-0.05, 0) is 17.0 Å². The first-order valence-electron chi connectivity index (χ1n) is 4.13. The lowest BCUT2D eigenvalue weighted by Crippen LogP contribution is -1.85. The van der Waals surface area contributed by atoms with Gasteiger partial charge in [-0.3, -0.25) is 0 Å². The molecule has 0 unspecified atom stereocenters. The van der Waals surface area contributed by atoms with E-state index >= 15 is 0 Å². The molecule has 0 atom stereocenters. The summed E-state index contributed by atoms with van der Waals surface area (Å²) in [5.74, 6) is 0.257. The molecule has 0 spiro atoms. The molecule has 0 saturated heterocycles. The number of benzene rings is 2. The summed E-state index contributed by atoms with van der Waals surface area (Å²) in [6.07, 6.45) is 0. The SMILES string of the molecule is OCc1ccc(O)c2ccccc12. The van der Waals surface area contributed by atoms with Crippen molar-refractivity contribution in [2.24, 2.45) is 0 Å². The van der Waals surface area contributed by atoms with Crippen LogP contribution in [0.3, 0.4) is 0 Å². The number of rotatable bonds is 1. The Morgan fingerprint density at radius 3 is 2.31 bits per heavy atom. The van der Waals surface area contributed by atoms with E-state index in [0.29, 0.717) is 0 Å². The van der Waals surface area contributed by atoms with Crippen molar-refractivity contribution in [1.29, 1.82) is 0 Å². The predicted octanol–water partition coefficient (Wildman–Crippen LogP) is 2.04. The number of aliphatic hydroxyl groups is 1. The second kappa shape index (κ2) is 3.07. The standard InChI is InChI=1S/C11H10O2/c12-7-8-5-6-11(13)10-4-2-1-3-9(8)10/h1-6,12-13H,7H2. The fourth-order valence-electron chi connectivity index (χ4n) is 1.48. The van der Waals surface area contributed by atoms with Crippen molar-refractivity contribution in [3.63, 3.8) is 0 Å². The van der Waals surface area contributed by atoms with E-state index in [9.17, 15) is 5.11 Å². The van der Waals surface area contributed by atoms with Crippen LogP contribution in [0.2, 0.25) is 0 Å². The van der Waals surface area contributed by atoms with Crippen LogP contribution in [0, 0.1) is 0 Å². The molecular weight excluding hydrogens is 164 g/mol. The van der Waals surface area contributed by atoms with Crippen LogP contribution in [0.4, 0.5) is 0 Å². The first-order valence-corrected chi connectivity index (χ1v) is 4.13. The Kier molecular flexibility index (Phi) is 1.91. The maximum absolute atomic E-state index is 9.51. The lowest BCUT2D eigenvalue weighted by atomic mass is 10.0. The topological polar surface area (TPSA) is 40.5 Å². The molecular formula is C11H10O2. The molecule has 0 heterocycles. The van der Waals surface area contributed by atoms with E-state index in [4.69, 9.17) is 5.11 Å². The van der Waals surface area contributed by atoms with E-state index in [2.05, 4.69) is 0 Å². The van der Waals surface area contributed by atoms with Crippen LogP contribution in [-0.4, -0.2) is 10.2 Å². The molecule has 0 aliphatic rings. The van der Waals surface area contributed by atoms with Crippen molar-refractivity contribution in [3.8, 4) is 5.75 Å². The second-order valence-electron chi connectivity index (χ2n) is 2.95. The molecule has 2 heteroatoms. The Morgan fingerprint density at radius 2 is 1.62 bits per heavy atom. The highest BCUT2D eigenvalue weighted by molar-refractivity contribution is 5.90. The first-order chi connectivity index (χ1) is 6.33. The molecule has 0 aliphatic heterocycles. The van der Waals surface area contributed by atoms with Crippen molar-refractivity contribution in [1.82, 2.24) is 0 Å². The molecule has 2 rings (SSSR count). The Morgan fingerprint density at radius 1 is 0.923 bits per heavy atom. The van der Waals surface area contributed by atoms with Crippen molar-refractivity contribution in [3.05, 3.63) is 42.0 Å². The van der Waals surface area contributed by atoms with Gasteiger partial charge in [-0.2, -0.15) is 0 Å². The predicted molar refractivity (Wildman–Crippen MR) is 51.5 cm³/mol. The monoisotopic (exact) mass is 174 g/mol. The normalized spacial score (nSPS) is 10.5. The van der Waals surface area contributed by atoms with Gasteiger partial charge in [-0.15, -0.1) is 0 Å². The number of aromatic hydroxyl groups is 1. The molecule has 2 N–H and O–H groups in total. The minimum absolute atomic E-state index is 0.000787. The van der Waals surface area contributed by atoms with Gasteiger partial charge in [-0.1, -0.05) is 30.3 Å². The minimum Gasteiger partial charge on any atom is -0.507 e. The Labute approximate surface area is 76.1 Å². The second-order valence-corrected chi connectivity index (χ2v) is 2.95. The van der Waals surface area contributed by atoms with Crippen molar-refractivity contribution in [2.45, 2.75) is 6.61 Å². The Balaban J connectivity index is 2.84. The molecule has 0 saturated carbocycles. The molecule has 0 amide bonds. The van der Waals surface area contributed by atoms with Gasteiger partial charge < -0.3 is 10.2 Å². The molecule has 2 nitrogen and oxygen atoms in total. The number of hydrogen-bond donors (Lipinski definition) is 2. The highest BCUT2D eigenvalue weighted by atomic mass is 16.3. The summed E-state index contributed by atoms with van der Waals surface area (Å²) in [6.45, 7) is 0.000787. The van der Waals surface area contributed by atoms with Gasteiger partial charge in [0.1, 0.15) is 5.75 Å². The zero-order chi connectivity index (χ0) is 9.26. The molecule has 2 aromatic carbocycles. The van der Waals surface area contributed by atoms with Gasteiger partial charge >= 0.3 is 0 Å². The third-order valence-electron chi connectivity index (χ3n) is 2.16. The van der Waals surface area contributed by atoms with E-state index in [1.165, 1.54) is 0 Å². The van der Waals surface area contributed by atoms with E-state index in [0.717, 1.165) is 16.3 Å². The first kappa shape index (κ1) is 8.08. The summed E-state index contributed by atoms with van der Waals surface area (Å²) >= 11 is 0. The van der Waals surface area contributed by atoms with E-state index in [1.807, 2.05) is 24.3 Å². The van der Waals surface area contributed by atoms with Crippen LogP contribution >= 0.6 is 0 Å². The lowest BCUT2D eigenvalue weighted by Gasteiger charge is -2.04. The van der Waals surface area contributed by atoms with Crippen LogP contribution in [-0.2, 0) is 6.61 Å². The molecule has 66 valence electrons. The molecule has 0 aliphatic carbocycles.